The van der Waals surface area contributed by atoms with Crippen LogP contribution < -0.4 is 5.14 Å². The van der Waals surface area contributed by atoms with Gasteiger partial charge in [-0.3, -0.25) is 9.55 Å². The molecule has 2 aromatic heterocycles. The first-order chi connectivity index (χ1) is 12.1. The molecule has 0 bridgehead atoms. The molecule has 0 fully saturated rings. The van der Waals surface area contributed by atoms with Crippen LogP contribution in [0.25, 0.3) is 17.1 Å². The number of aromatic nitrogens is 3. The maximum absolute atomic E-state index is 13.2. The van der Waals surface area contributed by atoms with Crippen molar-refractivity contribution >= 4 is 10.0 Å². The summed E-state index contributed by atoms with van der Waals surface area (Å²) in [5.41, 5.74) is -0.164. The summed E-state index contributed by atoms with van der Waals surface area (Å²) in [5, 5.41) is 5.20. The zero-order chi connectivity index (χ0) is 19.1. The fraction of sp³-hybridized carbons (Fsp3) is 0.125. The number of hydrogen-bond acceptors (Lipinski definition) is 4. The van der Waals surface area contributed by atoms with Crippen molar-refractivity contribution in [3.63, 3.8) is 0 Å². The lowest BCUT2D eigenvalue weighted by atomic mass is 10.2. The van der Waals surface area contributed by atoms with Crippen LogP contribution in [0.15, 0.2) is 53.8 Å². The summed E-state index contributed by atoms with van der Waals surface area (Å²) in [6, 6.07) is 7.10. The molecule has 0 amide bonds. The van der Waals surface area contributed by atoms with E-state index in [4.69, 9.17) is 5.14 Å². The summed E-state index contributed by atoms with van der Waals surface area (Å²) in [6.07, 6.45) is -1.07. The minimum absolute atomic E-state index is 0.0329. The number of para-hydroxylation sites is 1. The normalized spacial score (nSPS) is 12.3. The third kappa shape index (κ3) is 3.46. The quantitative estimate of drug-likeness (QED) is 0.754. The fourth-order valence-corrected chi connectivity index (χ4v) is 3.20. The Kier molecular flexibility index (Phi) is 4.32. The van der Waals surface area contributed by atoms with Crippen molar-refractivity contribution in [3.05, 3.63) is 60.2 Å². The zero-order valence-electron chi connectivity index (χ0n) is 13.4. The molecular formula is C16H13F3N4O2S. The van der Waals surface area contributed by atoms with Gasteiger partial charge in [-0.15, -0.1) is 0 Å². The Labute approximate surface area is 147 Å². The minimum atomic E-state index is -4.70. The van der Waals surface area contributed by atoms with Gasteiger partial charge >= 0.3 is 6.18 Å². The Morgan fingerprint density at radius 2 is 1.85 bits per heavy atom. The summed E-state index contributed by atoms with van der Waals surface area (Å²) >= 11 is 0. The number of alkyl halides is 3. The molecule has 0 atom stereocenters. The number of nitrogens with zero attached hydrogens (tertiary/aromatic N) is 3. The van der Waals surface area contributed by atoms with Gasteiger partial charge in [0, 0.05) is 24.2 Å². The topological polar surface area (TPSA) is 90.9 Å². The minimum Gasteiger partial charge on any atom is -0.298 e. The number of imidazole rings is 1. The van der Waals surface area contributed by atoms with Crippen molar-refractivity contribution in [2.24, 2.45) is 5.14 Å². The van der Waals surface area contributed by atoms with Crippen LogP contribution in [0.1, 0.15) is 11.3 Å². The number of pyridine rings is 1. The lowest BCUT2D eigenvalue weighted by molar-refractivity contribution is -0.140. The maximum Gasteiger partial charge on any atom is 0.434 e. The number of rotatable bonds is 3. The first-order valence-corrected chi connectivity index (χ1v) is 8.83. The van der Waals surface area contributed by atoms with Crippen molar-refractivity contribution in [2.45, 2.75) is 18.0 Å². The Hall–Kier alpha value is -2.72. The third-order valence-corrected chi connectivity index (χ3v) is 4.52. The second kappa shape index (κ2) is 6.22. The van der Waals surface area contributed by atoms with E-state index in [0.29, 0.717) is 11.1 Å². The van der Waals surface area contributed by atoms with E-state index in [1.165, 1.54) is 30.5 Å². The van der Waals surface area contributed by atoms with Crippen LogP contribution in [-0.2, 0) is 16.2 Å². The summed E-state index contributed by atoms with van der Waals surface area (Å²) in [7, 11) is -4.16. The first kappa shape index (κ1) is 18.1. The molecule has 0 saturated carbocycles. The molecule has 0 aliphatic carbocycles. The van der Waals surface area contributed by atoms with Gasteiger partial charge in [-0.25, -0.2) is 18.5 Å². The Bertz CT molecular complexity index is 1080. The maximum atomic E-state index is 13.2. The average Bonchev–Trinajstić information content (AvgIpc) is 2.99. The molecule has 0 aliphatic heterocycles. The molecule has 3 aromatic rings. The Morgan fingerprint density at radius 1 is 1.15 bits per heavy atom. The highest BCUT2D eigenvalue weighted by atomic mass is 32.2. The lowest BCUT2D eigenvalue weighted by Crippen LogP contribution is -2.15. The molecule has 0 aliphatic rings. The van der Waals surface area contributed by atoms with E-state index >= 15 is 0 Å². The summed E-state index contributed by atoms with van der Waals surface area (Å²) < 4.78 is 64.3. The van der Waals surface area contributed by atoms with E-state index in [2.05, 4.69) is 9.97 Å². The highest BCUT2D eigenvalue weighted by Crippen LogP contribution is 2.33. The highest BCUT2D eigenvalue weighted by Gasteiger charge is 2.35. The van der Waals surface area contributed by atoms with Gasteiger partial charge < -0.3 is 0 Å². The number of hydrogen-bond donors (Lipinski definition) is 1. The van der Waals surface area contributed by atoms with Crippen molar-refractivity contribution < 1.29 is 21.6 Å². The number of benzene rings is 1. The molecule has 2 N–H and O–H groups in total. The molecule has 0 radical (unpaired) electrons. The Balaban J connectivity index is 2.34. The van der Waals surface area contributed by atoms with Crippen molar-refractivity contribution in [1.82, 2.24) is 14.5 Å². The van der Waals surface area contributed by atoms with Crippen molar-refractivity contribution in [3.8, 4) is 17.1 Å². The second-order valence-electron chi connectivity index (χ2n) is 5.58. The SMILES string of the molecule is Cc1cncc(-c2nc(C(F)(F)F)cn2-c2ccccc2S(N)(=O)=O)c1. The number of aryl methyl sites for hydroxylation is 1. The van der Waals surface area contributed by atoms with E-state index in [9.17, 15) is 21.6 Å². The monoisotopic (exact) mass is 382 g/mol. The van der Waals surface area contributed by atoms with Crippen LogP contribution in [0.5, 0.6) is 0 Å². The summed E-state index contributed by atoms with van der Waals surface area (Å²) in [4.78, 5) is 7.30. The highest BCUT2D eigenvalue weighted by molar-refractivity contribution is 7.89. The van der Waals surface area contributed by atoms with Gasteiger partial charge in [0.15, 0.2) is 5.69 Å². The predicted octanol–water partition coefficient (Wildman–Crippen LogP) is 2.91. The molecule has 3 rings (SSSR count). The number of primary sulfonamides is 1. The first-order valence-electron chi connectivity index (χ1n) is 7.28. The predicted molar refractivity (Wildman–Crippen MR) is 87.9 cm³/mol. The van der Waals surface area contributed by atoms with Crippen LogP contribution in [0.2, 0.25) is 0 Å². The van der Waals surface area contributed by atoms with Gasteiger partial charge in [0.1, 0.15) is 10.7 Å². The summed E-state index contributed by atoms with van der Waals surface area (Å²) in [5.74, 6) is -0.0929. The fourth-order valence-electron chi connectivity index (χ4n) is 2.48. The average molecular weight is 382 g/mol. The van der Waals surface area contributed by atoms with Crippen molar-refractivity contribution in [1.29, 1.82) is 0 Å². The molecule has 0 spiro atoms. The molecule has 1 aromatic carbocycles. The van der Waals surface area contributed by atoms with Crippen LogP contribution in [0, 0.1) is 6.92 Å². The summed E-state index contributed by atoms with van der Waals surface area (Å²) in [6.45, 7) is 1.73. The number of nitrogens with two attached hydrogens (primary N) is 1. The molecule has 26 heavy (non-hydrogen) atoms. The smallest absolute Gasteiger partial charge is 0.298 e. The lowest BCUT2D eigenvalue weighted by Gasteiger charge is -2.11. The molecule has 136 valence electrons. The van der Waals surface area contributed by atoms with E-state index in [1.54, 1.807) is 19.2 Å². The van der Waals surface area contributed by atoms with Crippen LogP contribution in [0.4, 0.5) is 13.2 Å². The molecule has 0 unspecified atom stereocenters. The van der Waals surface area contributed by atoms with Crippen LogP contribution in [0.3, 0.4) is 0 Å². The Morgan fingerprint density at radius 3 is 2.46 bits per heavy atom. The third-order valence-electron chi connectivity index (χ3n) is 3.56. The van der Waals surface area contributed by atoms with Crippen LogP contribution >= 0.6 is 0 Å². The number of sulfonamides is 1. The van der Waals surface area contributed by atoms with Gasteiger partial charge in [-0.1, -0.05) is 12.1 Å². The van der Waals surface area contributed by atoms with E-state index in [0.717, 1.165) is 10.8 Å². The van der Waals surface area contributed by atoms with E-state index in [1.807, 2.05) is 0 Å². The van der Waals surface area contributed by atoms with Crippen LogP contribution in [-0.4, -0.2) is 23.0 Å². The van der Waals surface area contributed by atoms with E-state index in [-0.39, 0.29) is 16.4 Å². The van der Waals surface area contributed by atoms with Gasteiger partial charge in [0.25, 0.3) is 0 Å². The molecular weight excluding hydrogens is 369 g/mol. The van der Waals surface area contributed by atoms with Gasteiger partial charge in [0.05, 0.1) is 5.69 Å². The standard InChI is InChI=1S/C16H13F3N4O2S/c1-10-6-11(8-21-7-10)15-22-14(16(17,18)19)9-23(15)12-4-2-3-5-13(12)26(20,24)25/h2-9H,1H3,(H2,20,24,25). The van der Waals surface area contributed by atoms with Gasteiger partial charge in [-0.2, -0.15) is 13.2 Å². The molecule has 0 saturated heterocycles. The second-order valence-corrected chi connectivity index (χ2v) is 7.11. The van der Waals surface area contributed by atoms with Crippen molar-refractivity contribution in [2.75, 3.05) is 0 Å². The zero-order valence-corrected chi connectivity index (χ0v) is 14.2. The van der Waals surface area contributed by atoms with Gasteiger partial charge in [-0.05, 0) is 30.7 Å². The molecule has 2 heterocycles. The molecule has 10 heteroatoms. The largest absolute Gasteiger partial charge is 0.434 e. The van der Waals surface area contributed by atoms with E-state index < -0.39 is 21.9 Å². The number of halogens is 3. The molecule has 6 nitrogen and oxygen atoms in total. The van der Waals surface area contributed by atoms with Gasteiger partial charge in [0.2, 0.25) is 10.0 Å².